The Balaban J connectivity index is 5.24. The van der Waals surface area contributed by atoms with Crippen LogP contribution in [0.25, 0.3) is 0 Å². The summed E-state index contributed by atoms with van der Waals surface area (Å²) in [6, 6.07) is 0. The van der Waals surface area contributed by atoms with Crippen LogP contribution in [0.3, 0.4) is 0 Å². The Morgan fingerprint density at radius 2 is 1.57 bits per heavy atom. The van der Waals surface area contributed by atoms with Gasteiger partial charge in [-0.1, -0.05) is 20.4 Å². The monoisotopic (exact) mass is 322 g/mol. The van der Waals surface area contributed by atoms with Crippen molar-refractivity contribution in [1.29, 1.82) is 0 Å². The molecular weight excluding hydrogens is 306 g/mol. The lowest BCUT2D eigenvalue weighted by atomic mass is 9.93. The molecule has 0 bridgehead atoms. The van der Waals surface area contributed by atoms with Crippen LogP contribution in [-0.2, 0) is 9.53 Å². The molecule has 1 unspecified atom stereocenters. The summed E-state index contributed by atoms with van der Waals surface area (Å²) in [5.41, 5.74) is -5.02. The molecule has 124 valence electrons. The maximum Gasteiger partial charge on any atom is 0.426 e. The van der Waals surface area contributed by atoms with Crippen molar-refractivity contribution < 1.29 is 41.0 Å². The number of hydrogen-bond acceptors (Lipinski definition) is 3. The Hall–Kier alpha value is -1.25. The lowest BCUT2D eigenvalue weighted by Crippen LogP contribution is -2.58. The van der Waals surface area contributed by atoms with E-state index >= 15 is 0 Å². The van der Waals surface area contributed by atoms with Gasteiger partial charge >= 0.3 is 18.3 Å². The fourth-order valence-corrected chi connectivity index (χ4v) is 1.37. The molecule has 0 saturated heterocycles. The predicted molar refractivity (Wildman–Crippen MR) is 61.3 cm³/mol. The van der Waals surface area contributed by atoms with Crippen molar-refractivity contribution in [3.63, 3.8) is 0 Å². The van der Waals surface area contributed by atoms with Gasteiger partial charge in [-0.15, -0.1) is 0 Å². The quantitative estimate of drug-likeness (QED) is 0.462. The van der Waals surface area contributed by atoms with E-state index in [1.165, 1.54) is 13.8 Å². The molecule has 0 aromatic carbocycles. The van der Waals surface area contributed by atoms with Gasteiger partial charge in [0.2, 0.25) is 0 Å². The first-order chi connectivity index (χ1) is 9.30. The summed E-state index contributed by atoms with van der Waals surface area (Å²) in [6.45, 7) is 6.03. The molecule has 0 heterocycles. The van der Waals surface area contributed by atoms with Gasteiger partial charge in [-0.3, -0.25) is 0 Å². The molecule has 0 saturated carbocycles. The van der Waals surface area contributed by atoms with Crippen LogP contribution in [-0.4, -0.2) is 35.1 Å². The van der Waals surface area contributed by atoms with Gasteiger partial charge in [-0.05, 0) is 12.8 Å². The van der Waals surface area contributed by atoms with Crippen LogP contribution in [0.4, 0.5) is 26.3 Å². The molecule has 0 aliphatic carbocycles. The molecule has 1 atom stereocenters. The third kappa shape index (κ3) is 4.62. The lowest BCUT2D eigenvalue weighted by molar-refractivity contribution is -0.374. The smallest absolute Gasteiger partial charge is 0.426 e. The second-order valence-corrected chi connectivity index (χ2v) is 4.45. The molecule has 0 amide bonds. The normalized spacial score (nSPS) is 14.7. The zero-order valence-electron chi connectivity index (χ0n) is 11.4. The summed E-state index contributed by atoms with van der Waals surface area (Å²) < 4.78 is 79.7. The van der Waals surface area contributed by atoms with E-state index in [1.54, 1.807) is 0 Å². The van der Waals surface area contributed by atoms with E-state index in [0.29, 0.717) is 0 Å². The Morgan fingerprint density at radius 1 is 1.14 bits per heavy atom. The third-order valence-corrected chi connectivity index (χ3v) is 2.91. The van der Waals surface area contributed by atoms with E-state index < -0.39 is 36.4 Å². The number of rotatable bonds is 6. The molecular formula is C12H16F6O3. The average molecular weight is 322 g/mol. The Morgan fingerprint density at radius 3 is 1.86 bits per heavy atom. The first-order valence-electron chi connectivity index (χ1n) is 6.04. The van der Waals surface area contributed by atoms with Gasteiger partial charge in [-0.25, -0.2) is 4.79 Å². The summed E-state index contributed by atoms with van der Waals surface area (Å²) >= 11 is 0. The average Bonchev–Trinajstić information content (AvgIpc) is 2.33. The van der Waals surface area contributed by atoms with E-state index in [-0.39, 0.29) is 18.4 Å². The molecule has 1 N–H and O–H groups in total. The third-order valence-electron chi connectivity index (χ3n) is 2.91. The summed E-state index contributed by atoms with van der Waals surface area (Å²) in [4.78, 5) is 11.4. The van der Waals surface area contributed by atoms with Gasteiger partial charge in [0.25, 0.3) is 5.60 Å². The van der Waals surface area contributed by atoms with Crippen molar-refractivity contribution in [2.24, 2.45) is 0 Å². The van der Waals surface area contributed by atoms with Crippen molar-refractivity contribution >= 4 is 5.97 Å². The molecule has 9 heteroatoms. The van der Waals surface area contributed by atoms with Gasteiger partial charge in [0.15, 0.2) is 0 Å². The van der Waals surface area contributed by atoms with Crippen molar-refractivity contribution in [3.8, 4) is 0 Å². The second-order valence-electron chi connectivity index (χ2n) is 4.45. The van der Waals surface area contributed by atoms with E-state index in [0.717, 1.165) is 0 Å². The van der Waals surface area contributed by atoms with Crippen LogP contribution in [0.1, 0.15) is 33.1 Å². The zero-order valence-corrected chi connectivity index (χ0v) is 11.4. The number of ether oxygens (including phenoxy) is 1. The Kier molecular flexibility index (Phi) is 6.28. The number of halogens is 6. The number of carbonyl (C=O) groups excluding carboxylic acids is 1. The number of alkyl halides is 6. The topological polar surface area (TPSA) is 46.5 Å². The van der Waals surface area contributed by atoms with E-state index in [9.17, 15) is 31.1 Å². The number of esters is 1. The first-order valence-corrected chi connectivity index (χ1v) is 6.04. The van der Waals surface area contributed by atoms with Crippen molar-refractivity contribution in [2.75, 3.05) is 0 Å². The van der Waals surface area contributed by atoms with E-state index in [4.69, 9.17) is 5.11 Å². The molecule has 21 heavy (non-hydrogen) atoms. The summed E-state index contributed by atoms with van der Waals surface area (Å²) in [5.74, 6) is -1.09. The number of hydrogen-bond donors (Lipinski definition) is 1. The molecule has 0 fully saturated rings. The Labute approximate surface area is 117 Å². The fourth-order valence-electron chi connectivity index (χ4n) is 1.37. The molecule has 0 aromatic rings. The summed E-state index contributed by atoms with van der Waals surface area (Å²) in [7, 11) is 0. The fraction of sp³-hybridized carbons (Fsp3) is 0.750. The van der Waals surface area contributed by atoms with Gasteiger partial charge in [0.1, 0.15) is 6.10 Å². The maximum atomic E-state index is 12.5. The van der Waals surface area contributed by atoms with E-state index in [2.05, 4.69) is 11.3 Å². The SMILES string of the molecule is C=C(CC)C(=O)OC(CC)CC(O)(C(F)(F)F)C(F)(F)F. The molecule has 0 spiro atoms. The highest BCUT2D eigenvalue weighted by atomic mass is 19.4. The molecule has 3 nitrogen and oxygen atoms in total. The largest absolute Gasteiger partial charge is 0.459 e. The van der Waals surface area contributed by atoms with Crippen LogP contribution >= 0.6 is 0 Å². The second kappa shape index (κ2) is 6.67. The predicted octanol–water partition coefficient (Wildman–Crippen LogP) is 3.52. The highest BCUT2D eigenvalue weighted by Crippen LogP contribution is 2.46. The van der Waals surface area contributed by atoms with Crippen LogP contribution in [0.5, 0.6) is 0 Å². The highest BCUT2D eigenvalue weighted by molar-refractivity contribution is 5.87. The van der Waals surface area contributed by atoms with Gasteiger partial charge < -0.3 is 9.84 Å². The van der Waals surface area contributed by atoms with E-state index in [1.807, 2.05) is 0 Å². The number of carbonyl (C=O) groups is 1. The minimum Gasteiger partial charge on any atom is -0.459 e. The molecule has 0 aromatic heterocycles. The van der Waals surface area contributed by atoms with Crippen LogP contribution < -0.4 is 0 Å². The van der Waals surface area contributed by atoms with Gasteiger partial charge in [0.05, 0.1) is 0 Å². The molecule has 0 radical (unpaired) electrons. The molecule has 0 aliphatic rings. The van der Waals surface area contributed by atoms with Gasteiger partial charge in [0, 0.05) is 12.0 Å². The maximum absolute atomic E-state index is 12.5. The Bertz CT molecular complexity index is 371. The summed E-state index contributed by atoms with van der Waals surface area (Å²) in [6.07, 6.45) is -15.6. The zero-order chi connectivity index (χ0) is 17.1. The van der Waals surface area contributed by atoms with Gasteiger partial charge in [-0.2, -0.15) is 26.3 Å². The van der Waals surface area contributed by atoms with Crippen LogP contribution in [0, 0.1) is 0 Å². The minimum absolute atomic E-state index is 0.0870. The van der Waals surface area contributed by atoms with Crippen LogP contribution in [0.2, 0.25) is 0 Å². The van der Waals surface area contributed by atoms with Crippen LogP contribution in [0.15, 0.2) is 12.2 Å². The lowest BCUT2D eigenvalue weighted by Gasteiger charge is -2.34. The van der Waals surface area contributed by atoms with Crippen molar-refractivity contribution in [3.05, 3.63) is 12.2 Å². The molecule has 0 aliphatic heterocycles. The summed E-state index contributed by atoms with van der Waals surface area (Å²) in [5, 5.41) is 9.03. The van der Waals surface area contributed by atoms with Crippen molar-refractivity contribution in [2.45, 2.75) is 57.2 Å². The van der Waals surface area contributed by atoms with Crippen molar-refractivity contribution in [1.82, 2.24) is 0 Å². The standard InChI is InChI=1S/C12H16F6O3/c1-4-7(3)9(19)21-8(5-2)6-10(20,11(13,14)15)12(16,17)18/h8,20H,3-6H2,1-2H3. The minimum atomic E-state index is -5.94. The molecule has 0 rings (SSSR count). The highest BCUT2D eigenvalue weighted by Gasteiger charge is 2.70. The number of aliphatic hydroxyl groups is 1. The first kappa shape index (κ1) is 19.8.